The Morgan fingerprint density at radius 3 is 2.44 bits per heavy atom. The predicted molar refractivity (Wildman–Crippen MR) is 138 cm³/mol. The fraction of sp³-hybridized carbons (Fsp3) is 0.167. The maximum atomic E-state index is 13.3. The Morgan fingerprint density at radius 1 is 0.944 bits per heavy atom. The van der Waals surface area contributed by atoms with Crippen molar-refractivity contribution >= 4 is 22.7 Å². The third-order valence-electron chi connectivity index (χ3n) is 6.49. The van der Waals surface area contributed by atoms with E-state index in [-0.39, 0.29) is 12.4 Å². The van der Waals surface area contributed by atoms with Gasteiger partial charge in [0.25, 0.3) is 0 Å². The number of fused-ring (bicyclic) bond motifs is 1. The molecule has 0 N–H and O–H groups in total. The van der Waals surface area contributed by atoms with Crippen molar-refractivity contribution in [3.05, 3.63) is 113 Å². The summed E-state index contributed by atoms with van der Waals surface area (Å²) in [6, 6.07) is 22.8. The van der Waals surface area contributed by atoms with E-state index in [0.717, 1.165) is 22.7 Å². The van der Waals surface area contributed by atoms with Crippen LogP contribution < -0.4 is 0 Å². The number of hydrogen-bond acceptors (Lipinski definition) is 5. The van der Waals surface area contributed by atoms with Crippen molar-refractivity contribution in [2.75, 3.05) is 6.61 Å². The van der Waals surface area contributed by atoms with E-state index < -0.39 is 5.97 Å². The molecular formula is C30H26N2O4. The third kappa shape index (κ3) is 4.33. The van der Waals surface area contributed by atoms with E-state index in [0.29, 0.717) is 39.8 Å². The summed E-state index contributed by atoms with van der Waals surface area (Å²) >= 11 is 0. The molecule has 6 nitrogen and oxygen atoms in total. The molecule has 180 valence electrons. The Labute approximate surface area is 209 Å². The van der Waals surface area contributed by atoms with Crippen LogP contribution in [0.5, 0.6) is 0 Å². The second-order valence-electron chi connectivity index (χ2n) is 8.79. The van der Waals surface area contributed by atoms with Crippen LogP contribution in [0.1, 0.15) is 43.4 Å². The molecule has 0 fully saturated rings. The number of rotatable bonds is 7. The number of pyridine rings is 1. The van der Waals surface area contributed by atoms with Gasteiger partial charge in [-0.2, -0.15) is 0 Å². The molecule has 3 aromatic heterocycles. The van der Waals surface area contributed by atoms with Crippen LogP contribution in [0.4, 0.5) is 0 Å². The van der Waals surface area contributed by atoms with Gasteiger partial charge < -0.3 is 13.7 Å². The van der Waals surface area contributed by atoms with E-state index >= 15 is 0 Å². The van der Waals surface area contributed by atoms with Crippen LogP contribution in [0, 0.1) is 20.8 Å². The average molecular weight is 479 g/mol. The van der Waals surface area contributed by atoms with Gasteiger partial charge in [0.05, 0.1) is 29.6 Å². The normalized spacial score (nSPS) is 11.1. The molecule has 0 bridgehead atoms. The lowest BCUT2D eigenvalue weighted by Gasteiger charge is -2.14. The highest BCUT2D eigenvalue weighted by molar-refractivity contribution is 6.07. The van der Waals surface area contributed by atoms with Gasteiger partial charge in [0.2, 0.25) is 5.78 Å². The summed E-state index contributed by atoms with van der Waals surface area (Å²) in [5.74, 6) is 0.0129. The molecule has 0 aliphatic rings. The fourth-order valence-corrected chi connectivity index (χ4v) is 4.61. The molecule has 0 aliphatic heterocycles. The summed E-state index contributed by atoms with van der Waals surface area (Å²) in [5.41, 5.74) is 5.74. The van der Waals surface area contributed by atoms with E-state index in [1.807, 2.05) is 98.1 Å². The SMILES string of the molecule is Cc1c(-c2ccccc2)nc2ccccc2c1C(=O)OCC(=O)c1cc(C)n(Cc2ccco2)c1C. The van der Waals surface area contributed by atoms with Gasteiger partial charge in [0.15, 0.2) is 6.61 Å². The molecule has 5 rings (SSSR count). The number of aromatic nitrogens is 2. The predicted octanol–water partition coefficient (Wildman–Crippen LogP) is 6.31. The third-order valence-corrected chi connectivity index (χ3v) is 6.49. The maximum Gasteiger partial charge on any atom is 0.339 e. The van der Waals surface area contributed by atoms with Crippen LogP contribution in [0.2, 0.25) is 0 Å². The Kier molecular flexibility index (Phi) is 6.25. The van der Waals surface area contributed by atoms with Gasteiger partial charge in [-0.1, -0.05) is 48.5 Å². The largest absolute Gasteiger partial charge is 0.467 e. The van der Waals surface area contributed by atoms with Crippen molar-refractivity contribution in [1.29, 1.82) is 0 Å². The number of ketones is 1. The van der Waals surface area contributed by atoms with E-state index in [2.05, 4.69) is 0 Å². The molecular weight excluding hydrogens is 452 g/mol. The number of carbonyl (C=O) groups is 2. The lowest BCUT2D eigenvalue weighted by Crippen LogP contribution is -2.17. The molecule has 3 heterocycles. The van der Waals surface area contributed by atoms with E-state index in [1.54, 1.807) is 6.26 Å². The lowest BCUT2D eigenvalue weighted by atomic mass is 9.98. The summed E-state index contributed by atoms with van der Waals surface area (Å²) in [6.07, 6.45) is 1.63. The first-order valence-corrected chi connectivity index (χ1v) is 11.8. The van der Waals surface area contributed by atoms with Gasteiger partial charge in [-0.05, 0) is 50.6 Å². The van der Waals surface area contributed by atoms with Gasteiger partial charge in [-0.15, -0.1) is 0 Å². The van der Waals surface area contributed by atoms with Gasteiger partial charge in [0.1, 0.15) is 5.76 Å². The summed E-state index contributed by atoms with van der Waals surface area (Å²) in [5, 5.41) is 0.698. The van der Waals surface area contributed by atoms with Crippen LogP contribution in [0.3, 0.4) is 0 Å². The van der Waals surface area contributed by atoms with Crippen LogP contribution in [-0.2, 0) is 11.3 Å². The van der Waals surface area contributed by atoms with Crippen LogP contribution in [0.25, 0.3) is 22.2 Å². The highest BCUT2D eigenvalue weighted by Gasteiger charge is 2.22. The molecule has 0 unspecified atom stereocenters. The van der Waals surface area contributed by atoms with Gasteiger partial charge >= 0.3 is 5.97 Å². The number of aryl methyl sites for hydroxylation is 1. The highest BCUT2D eigenvalue weighted by atomic mass is 16.5. The molecule has 6 heteroatoms. The van der Waals surface area contributed by atoms with Crippen molar-refractivity contribution in [1.82, 2.24) is 9.55 Å². The van der Waals surface area contributed by atoms with Crippen molar-refractivity contribution in [2.24, 2.45) is 0 Å². The van der Waals surface area contributed by atoms with Crippen LogP contribution in [0.15, 0.2) is 83.5 Å². The summed E-state index contributed by atoms with van der Waals surface area (Å²) in [4.78, 5) is 31.2. The summed E-state index contributed by atoms with van der Waals surface area (Å²) in [7, 11) is 0. The number of furan rings is 1. The van der Waals surface area contributed by atoms with Gasteiger partial charge in [0, 0.05) is 27.9 Å². The average Bonchev–Trinajstić information content (AvgIpc) is 3.51. The zero-order chi connectivity index (χ0) is 25.2. The summed E-state index contributed by atoms with van der Waals surface area (Å²) < 4.78 is 13.1. The maximum absolute atomic E-state index is 13.3. The molecule has 36 heavy (non-hydrogen) atoms. The van der Waals surface area contributed by atoms with Gasteiger partial charge in [-0.25, -0.2) is 9.78 Å². The quantitative estimate of drug-likeness (QED) is 0.202. The molecule has 5 aromatic rings. The number of carbonyl (C=O) groups excluding carboxylic acids is 2. The molecule has 0 amide bonds. The van der Waals surface area contributed by atoms with E-state index in [1.165, 1.54) is 0 Å². The fourth-order valence-electron chi connectivity index (χ4n) is 4.61. The number of nitrogens with zero attached hydrogens (tertiary/aromatic N) is 2. The number of benzene rings is 2. The zero-order valence-electron chi connectivity index (χ0n) is 20.4. The first-order chi connectivity index (χ1) is 17.4. The van der Waals surface area contributed by atoms with Crippen LogP contribution >= 0.6 is 0 Å². The first-order valence-electron chi connectivity index (χ1n) is 11.8. The minimum atomic E-state index is -0.541. The zero-order valence-corrected chi connectivity index (χ0v) is 20.4. The lowest BCUT2D eigenvalue weighted by molar-refractivity contribution is 0.0475. The number of para-hydroxylation sites is 1. The standard InChI is InChI=1S/C30H26N2O4/c1-19-16-25(21(3)32(19)17-23-12-9-15-35-23)27(33)18-36-30(34)28-20(2)29(22-10-5-4-6-11-22)31-26-14-8-7-13-24(26)28/h4-16H,17-18H2,1-3H3. The monoisotopic (exact) mass is 478 g/mol. The molecule has 2 aromatic carbocycles. The van der Waals surface area contributed by atoms with E-state index in [4.69, 9.17) is 14.1 Å². The Bertz CT molecular complexity index is 1560. The second kappa shape index (κ2) is 9.66. The molecule has 0 saturated heterocycles. The number of ether oxygens (including phenoxy) is 1. The number of hydrogen-bond donors (Lipinski definition) is 0. The minimum Gasteiger partial charge on any atom is -0.467 e. The smallest absolute Gasteiger partial charge is 0.339 e. The van der Waals surface area contributed by atoms with Gasteiger partial charge in [-0.3, -0.25) is 4.79 Å². The van der Waals surface area contributed by atoms with E-state index in [9.17, 15) is 9.59 Å². The van der Waals surface area contributed by atoms with Crippen molar-refractivity contribution in [3.63, 3.8) is 0 Å². The van der Waals surface area contributed by atoms with Crippen molar-refractivity contribution < 1.29 is 18.7 Å². The van der Waals surface area contributed by atoms with Crippen molar-refractivity contribution in [3.8, 4) is 11.3 Å². The topological polar surface area (TPSA) is 74.3 Å². The highest BCUT2D eigenvalue weighted by Crippen LogP contribution is 2.30. The van der Waals surface area contributed by atoms with Crippen LogP contribution in [-0.4, -0.2) is 27.9 Å². The minimum absolute atomic E-state index is 0.249. The Morgan fingerprint density at radius 2 is 1.69 bits per heavy atom. The Balaban J connectivity index is 1.42. The molecule has 0 spiro atoms. The van der Waals surface area contributed by atoms with Crippen molar-refractivity contribution in [2.45, 2.75) is 27.3 Å². The molecule has 0 saturated carbocycles. The number of Topliss-reactive ketones (excluding diaryl/α,β-unsaturated/α-hetero) is 1. The molecule has 0 aliphatic carbocycles. The first kappa shape index (κ1) is 23.3. The summed E-state index contributed by atoms with van der Waals surface area (Å²) in [6.45, 7) is 5.87. The Hall–Kier alpha value is -4.45. The molecule has 0 atom stereocenters. The second-order valence-corrected chi connectivity index (χ2v) is 8.79. The number of esters is 1. The molecule has 0 radical (unpaired) electrons.